The SMILES string of the molecule is CC(C)(C)c1ccc(C(=O)Nc2ccc(C(=O)[O-])cc2)o1. The second kappa shape index (κ2) is 5.44. The summed E-state index contributed by atoms with van der Waals surface area (Å²) in [5.74, 6) is -0.704. The number of carboxylic acids is 1. The van der Waals surface area contributed by atoms with Gasteiger partial charge >= 0.3 is 0 Å². The molecule has 2 aromatic rings. The highest BCUT2D eigenvalue weighted by Crippen LogP contribution is 2.24. The standard InChI is InChI=1S/C16H17NO4/c1-16(2,3)13-9-8-12(21-13)14(18)17-11-6-4-10(5-7-11)15(19)20/h4-9H,1-3H3,(H,17,18)(H,19,20)/p-1. The zero-order chi connectivity index (χ0) is 15.6. The lowest BCUT2D eigenvalue weighted by Gasteiger charge is -2.14. The lowest BCUT2D eigenvalue weighted by molar-refractivity contribution is -0.255. The van der Waals surface area contributed by atoms with Gasteiger partial charge in [0.25, 0.3) is 5.91 Å². The fraction of sp³-hybridized carbons (Fsp3) is 0.250. The first-order valence-electron chi connectivity index (χ1n) is 6.50. The van der Waals surface area contributed by atoms with Crippen molar-refractivity contribution in [3.63, 3.8) is 0 Å². The monoisotopic (exact) mass is 286 g/mol. The molecule has 0 spiro atoms. The number of anilines is 1. The molecule has 5 heteroatoms. The van der Waals surface area contributed by atoms with E-state index in [2.05, 4.69) is 5.32 Å². The maximum Gasteiger partial charge on any atom is 0.291 e. The van der Waals surface area contributed by atoms with Crippen molar-refractivity contribution >= 4 is 17.6 Å². The van der Waals surface area contributed by atoms with E-state index in [0.29, 0.717) is 5.69 Å². The lowest BCUT2D eigenvalue weighted by atomic mass is 9.94. The van der Waals surface area contributed by atoms with Gasteiger partial charge in [0.2, 0.25) is 0 Å². The van der Waals surface area contributed by atoms with Crippen molar-refractivity contribution in [1.29, 1.82) is 0 Å². The van der Waals surface area contributed by atoms with Crippen LogP contribution in [0.5, 0.6) is 0 Å². The lowest BCUT2D eigenvalue weighted by Crippen LogP contribution is -2.22. The Bertz CT molecular complexity index is 662. The number of rotatable bonds is 3. The van der Waals surface area contributed by atoms with E-state index in [4.69, 9.17) is 4.42 Å². The third-order valence-electron chi connectivity index (χ3n) is 2.95. The molecule has 0 radical (unpaired) electrons. The summed E-state index contributed by atoms with van der Waals surface area (Å²) in [4.78, 5) is 22.7. The van der Waals surface area contributed by atoms with Crippen LogP contribution >= 0.6 is 0 Å². The first-order chi connectivity index (χ1) is 9.77. The molecule has 110 valence electrons. The number of hydrogen-bond donors (Lipinski definition) is 1. The molecule has 0 aliphatic rings. The Morgan fingerprint density at radius 1 is 1.05 bits per heavy atom. The highest BCUT2D eigenvalue weighted by molar-refractivity contribution is 6.02. The number of carboxylic acid groups (broad SMARTS) is 1. The number of aromatic carboxylic acids is 1. The molecular weight excluding hydrogens is 270 g/mol. The second-order valence-corrected chi connectivity index (χ2v) is 5.73. The van der Waals surface area contributed by atoms with Crippen molar-refractivity contribution in [2.45, 2.75) is 26.2 Å². The summed E-state index contributed by atoms with van der Waals surface area (Å²) in [5.41, 5.74) is 0.369. The van der Waals surface area contributed by atoms with Gasteiger partial charge in [-0.15, -0.1) is 0 Å². The number of carbonyl (C=O) groups is 2. The Morgan fingerprint density at radius 2 is 1.67 bits per heavy atom. The number of amides is 1. The molecule has 1 heterocycles. The van der Waals surface area contributed by atoms with Crippen LogP contribution in [0.25, 0.3) is 0 Å². The van der Waals surface area contributed by atoms with Gasteiger partial charge in [0, 0.05) is 11.1 Å². The predicted octanol–water partition coefficient (Wildman–Crippen LogP) is 2.19. The minimum absolute atomic E-state index is 0.0565. The van der Waals surface area contributed by atoms with E-state index >= 15 is 0 Å². The fourth-order valence-corrected chi connectivity index (χ4v) is 1.75. The summed E-state index contributed by atoms with van der Waals surface area (Å²) in [7, 11) is 0. The number of benzene rings is 1. The molecule has 0 aliphatic heterocycles. The van der Waals surface area contributed by atoms with Gasteiger partial charge in [-0.1, -0.05) is 32.9 Å². The Morgan fingerprint density at radius 3 is 2.14 bits per heavy atom. The van der Waals surface area contributed by atoms with E-state index in [1.54, 1.807) is 12.1 Å². The van der Waals surface area contributed by atoms with Crippen LogP contribution in [-0.4, -0.2) is 11.9 Å². The highest BCUT2D eigenvalue weighted by atomic mass is 16.4. The molecular formula is C16H16NO4-. The van der Waals surface area contributed by atoms with Crippen molar-refractivity contribution in [2.75, 3.05) is 5.32 Å². The Kier molecular flexibility index (Phi) is 3.84. The van der Waals surface area contributed by atoms with Crippen molar-refractivity contribution in [1.82, 2.24) is 0 Å². The summed E-state index contributed by atoms with van der Waals surface area (Å²) in [5, 5.41) is 13.3. The molecule has 1 N–H and O–H groups in total. The molecule has 1 aromatic carbocycles. The summed E-state index contributed by atoms with van der Waals surface area (Å²) in [6.45, 7) is 5.98. The van der Waals surface area contributed by atoms with Crippen LogP contribution in [0.15, 0.2) is 40.8 Å². The van der Waals surface area contributed by atoms with Gasteiger partial charge < -0.3 is 19.6 Å². The minimum atomic E-state index is -1.26. The third kappa shape index (κ3) is 3.51. The topological polar surface area (TPSA) is 82.4 Å². The summed E-state index contributed by atoms with van der Waals surface area (Å²) < 4.78 is 5.53. The van der Waals surface area contributed by atoms with Gasteiger partial charge in [-0.3, -0.25) is 4.79 Å². The van der Waals surface area contributed by atoms with E-state index in [-0.39, 0.29) is 22.6 Å². The van der Waals surface area contributed by atoms with E-state index in [0.717, 1.165) is 5.76 Å². The zero-order valence-corrected chi connectivity index (χ0v) is 12.1. The molecule has 0 bridgehead atoms. The average molecular weight is 286 g/mol. The minimum Gasteiger partial charge on any atom is -0.545 e. The molecule has 5 nitrogen and oxygen atoms in total. The van der Waals surface area contributed by atoms with Crippen molar-refractivity contribution < 1.29 is 19.1 Å². The van der Waals surface area contributed by atoms with E-state index in [9.17, 15) is 14.7 Å². The molecule has 0 atom stereocenters. The van der Waals surface area contributed by atoms with Gasteiger partial charge in [-0.25, -0.2) is 0 Å². The highest BCUT2D eigenvalue weighted by Gasteiger charge is 2.20. The van der Waals surface area contributed by atoms with Crippen molar-refractivity contribution in [3.8, 4) is 0 Å². The van der Waals surface area contributed by atoms with E-state index in [1.165, 1.54) is 24.3 Å². The summed E-state index contributed by atoms with van der Waals surface area (Å²) >= 11 is 0. The van der Waals surface area contributed by atoms with Crippen LogP contribution in [0.2, 0.25) is 0 Å². The smallest absolute Gasteiger partial charge is 0.291 e. The van der Waals surface area contributed by atoms with E-state index in [1.807, 2.05) is 20.8 Å². The first kappa shape index (κ1) is 14.8. The molecule has 1 amide bonds. The molecule has 21 heavy (non-hydrogen) atoms. The van der Waals surface area contributed by atoms with Gasteiger partial charge in [-0.2, -0.15) is 0 Å². The van der Waals surface area contributed by atoms with Crippen molar-refractivity contribution in [3.05, 3.63) is 53.5 Å². The number of hydrogen-bond acceptors (Lipinski definition) is 4. The van der Waals surface area contributed by atoms with Crippen LogP contribution in [0.3, 0.4) is 0 Å². The number of nitrogens with one attached hydrogen (secondary N) is 1. The molecule has 0 aliphatic carbocycles. The van der Waals surface area contributed by atoms with Crippen molar-refractivity contribution in [2.24, 2.45) is 0 Å². The summed E-state index contributed by atoms with van der Waals surface area (Å²) in [6.07, 6.45) is 0. The zero-order valence-electron chi connectivity index (χ0n) is 12.1. The van der Waals surface area contributed by atoms with Gasteiger partial charge in [-0.05, 0) is 29.8 Å². The quantitative estimate of drug-likeness (QED) is 0.937. The third-order valence-corrected chi connectivity index (χ3v) is 2.95. The molecule has 0 saturated heterocycles. The Labute approximate surface area is 122 Å². The van der Waals surface area contributed by atoms with Crippen LogP contribution in [0.4, 0.5) is 5.69 Å². The van der Waals surface area contributed by atoms with E-state index < -0.39 is 5.97 Å². The second-order valence-electron chi connectivity index (χ2n) is 5.73. The predicted molar refractivity (Wildman–Crippen MR) is 76.1 cm³/mol. The van der Waals surface area contributed by atoms with Gasteiger partial charge in [0.1, 0.15) is 5.76 Å². The molecule has 0 saturated carbocycles. The normalized spacial score (nSPS) is 11.2. The molecule has 0 fully saturated rings. The fourth-order valence-electron chi connectivity index (χ4n) is 1.75. The average Bonchev–Trinajstić information content (AvgIpc) is 2.88. The van der Waals surface area contributed by atoms with Gasteiger partial charge in [0.15, 0.2) is 5.76 Å². The Hall–Kier alpha value is -2.56. The maximum absolute atomic E-state index is 12.0. The number of carbonyl (C=O) groups excluding carboxylic acids is 2. The Balaban J connectivity index is 2.11. The first-order valence-corrected chi connectivity index (χ1v) is 6.50. The van der Waals surface area contributed by atoms with Crippen LogP contribution < -0.4 is 10.4 Å². The number of furan rings is 1. The molecule has 2 rings (SSSR count). The summed E-state index contributed by atoms with van der Waals surface area (Å²) in [6, 6.07) is 9.12. The maximum atomic E-state index is 12.0. The van der Waals surface area contributed by atoms with Crippen LogP contribution in [-0.2, 0) is 5.41 Å². The van der Waals surface area contributed by atoms with Gasteiger partial charge in [0.05, 0.1) is 5.97 Å². The largest absolute Gasteiger partial charge is 0.545 e. The molecule has 0 unspecified atom stereocenters. The molecule has 1 aromatic heterocycles. The van der Waals surface area contributed by atoms with Crippen LogP contribution in [0.1, 0.15) is 47.4 Å². The van der Waals surface area contributed by atoms with Crippen LogP contribution in [0, 0.1) is 0 Å².